The molecule has 0 heterocycles. The van der Waals surface area contributed by atoms with Gasteiger partial charge in [-0.1, -0.05) is 0 Å². The molecule has 8 nitrogen and oxygen atoms in total. The quantitative estimate of drug-likeness (QED) is 0.311. The Hall–Kier alpha value is -3.68. The van der Waals surface area contributed by atoms with E-state index >= 15 is 0 Å². The van der Waals surface area contributed by atoms with E-state index in [2.05, 4.69) is 21.1 Å². The molecule has 0 radical (unpaired) electrons. The average molecular weight is 354 g/mol. The van der Waals surface area contributed by atoms with Crippen molar-refractivity contribution in [2.45, 2.75) is 12.8 Å². The number of nitrogens with zero attached hydrogens (tertiary/aromatic N) is 2. The van der Waals surface area contributed by atoms with Gasteiger partial charge in [-0.25, -0.2) is 9.59 Å². The second kappa shape index (κ2) is 9.58. The van der Waals surface area contributed by atoms with Crippen LogP contribution < -0.4 is 10.9 Å². The number of carboxylic acid groups (broad SMARTS) is 2. The van der Waals surface area contributed by atoms with Crippen LogP contribution in [0.5, 0.6) is 0 Å². The van der Waals surface area contributed by atoms with E-state index in [0.29, 0.717) is 24.2 Å². The van der Waals surface area contributed by atoms with Gasteiger partial charge in [0.15, 0.2) is 0 Å². The summed E-state index contributed by atoms with van der Waals surface area (Å²) < 4.78 is 0. The minimum absolute atomic E-state index is 0.223. The van der Waals surface area contributed by atoms with Crippen LogP contribution >= 0.6 is 0 Å². The molecule has 0 saturated carbocycles. The summed E-state index contributed by atoms with van der Waals surface area (Å²) >= 11 is 0. The predicted molar refractivity (Wildman–Crippen MR) is 100 cm³/mol. The van der Waals surface area contributed by atoms with Crippen LogP contribution in [-0.4, -0.2) is 34.6 Å². The molecule has 0 aliphatic heterocycles. The van der Waals surface area contributed by atoms with E-state index < -0.39 is 11.9 Å². The van der Waals surface area contributed by atoms with Gasteiger partial charge in [0.25, 0.3) is 0 Å². The van der Waals surface area contributed by atoms with E-state index in [-0.39, 0.29) is 11.1 Å². The number of nitrogens with one attached hydrogen (secondary N) is 2. The highest BCUT2D eigenvalue weighted by Gasteiger charge is 2.01. The van der Waals surface area contributed by atoms with Crippen molar-refractivity contribution in [1.29, 1.82) is 0 Å². The molecule has 0 spiro atoms. The first-order valence-corrected chi connectivity index (χ1v) is 7.78. The maximum Gasteiger partial charge on any atom is 0.335 e. The maximum absolute atomic E-state index is 10.7. The van der Waals surface area contributed by atoms with Gasteiger partial charge in [-0.15, -0.1) is 0 Å². The van der Waals surface area contributed by atoms with Crippen molar-refractivity contribution < 1.29 is 19.8 Å². The Morgan fingerprint density at radius 1 is 0.731 bits per heavy atom. The van der Waals surface area contributed by atoms with Gasteiger partial charge in [0.2, 0.25) is 0 Å². The molecule has 8 heteroatoms. The lowest BCUT2D eigenvalue weighted by atomic mass is 10.2. The predicted octanol–water partition coefficient (Wildman–Crippen LogP) is 3.36. The monoisotopic (exact) mass is 354 g/mol. The van der Waals surface area contributed by atoms with Gasteiger partial charge in [-0.3, -0.25) is 10.9 Å². The minimum Gasteiger partial charge on any atom is -0.478 e. The zero-order valence-electron chi connectivity index (χ0n) is 13.8. The van der Waals surface area contributed by atoms with Crippen LogP contribution in [0.1, 0.15) is 33.6 Å². The smallest absolute Gasteiger partial charge is 0.335 e. The van der Waals surface area contributed by atoms with Crippen molar-refractivity contribution in [1.82, 2.24) is 0 Å². The zero-order chi connectivity index (χ0) is 18.8. The summed E-state index contributed by atoms with van der Waals surface area (Å²) in [7, 11) is 0. The lowest BCUT2D eigenvalue weighted by Gasteiger charge is -2.00. The Kier molecular flexibility index (Phi) is 6.87. The van der Waals surface area contributed by atoms with Gasteiger partial charge in [0.05, 0.1) is 22.5 Å². The van der Waals surface area contributed by atoms with E-state index in [1.54, 1.807) is 36.7 Å². The molecule has 0 atom stereocenters. The lowest BCUT2D eigenvalue weighted by Crippen LogP contribution is -1.96. The summed E-state index contributed by atoms with van der Waals surface area (Å²) in [5.41, 5.74) is 7.47. The molecule has 0 saturated heterocycles. The van der Waals surface area contributed by atoms with E-state index in [9.17, 15) is 9.59 Å². The Morgan fingerprint density at radius 3 is 1.38 bits per heavy atom. The second-order valence-corrected chi connectivity index (χ2v) is 5.19. The Morgan fingerprint density at radius 2 is 1.08 bits per heavy atom. The molecule has 2 aromatic rings. The first-order valence-electron chi connectivity index (χ1n) is 7.78. The summed E-state index contributed by atoms with van der Waals surface area (Å²) in [6, 6.07) is 12.6. The minimum atomic E-state index is -0.967. The van der Waals surface area contributed by atoms with Crippen molar-refractivity contribution in [3.63, 3.8) is 0 Å². The number of benzene rings is 2. The summed E-state index contributed by atoms with van der Waals surface area (Å²) in [5, 5.41) is 25.7. The van der Waals surface area contributed by atoms with Gasteiger partial charge >= 0.3 is 11.9 Å². The normalized spacial score (nSPS) is 10.9. The van der Waals surface area contributed by atoms with Gasteiger partial charge in [-0.05, 0) is 61.4 Å². The fourth-order valence-electron chi connectivity index (χ4n) is 1.89. The molecule has 0 unspecified atom stereocenters. The molecule has 0 amide bonds. The first-order chi connectivity index (χ1) is 12.6. The molecule has 2 rings (SSSR count). The maximum atomic E-state index is 10.7. The molecular weight excluding hydrogens is 336 g/mol. The third-order valence-corrected chi connectivity index (χ3v) is 3.26. The number of hydrogen-bond donors (Lipinski definition) is 4. The Balaban J connectivity index is 1.66. The third kappa shape index (κ3) is 6.08. The standard InChI is InChI=1S/C18H18N4O4/c23-17(24)13-3-7-15(8-4-13)21-19-11-1-2-12-20-22-16-9-5-14(6-10-16)18(25)26/h3-12,21-22H,1-2H2,(H,23,24)(H,25,26)/b19-11+,20-12+. The van der Waals surface area contributed by atoms with Crippen LogP contribution in [0.25, 0.3) is 0 Å². The van der Waals surface area contributed by atoms with E-state index in [1.165, 1.54) is 24.3 Å². The van der Waals surface area contributed by atoms with Crippen molar-refractivity contribution in [3.05, 3.63) is 59.7 Å². The van der Waals surface area contributed by atoms with Crippen LogP contribution in [0.4, 0.5) is 11.4 Å². The van der Waals surface area contributed by atoms with Crippen molar-refractivity contribution >= 4 is 35.7 Å². The van der Waals surface area contributed by atoms with Gasteiger partial charge in [0.1, 0.15) is 0 Å². The number of rotatable bonds is 9. The highest BCUT2D eigenvalue weighted by molar-refractivity contribution is 5.88. The zero-order valence-corrected chi connectivity index (χ0v) is 13.8. The summed E-state index contributed by atoms with van der Waals surface area (Å²) in [6.07, 6.45) is 4.73. The molecule has 0 aromatic heterocycles. The second-order valence-electron chi connectivity index (χ2n) is 5.19. The van der Waals surface area contributed by atoms with Crippen LogP contribution in [-0.2, 0) is 0 Å². The number of carbonyl (C=O) groups is 2. The number of carboxylic acids is 2. The molecule has 4 N–H and O–H groups in total. The molecule has 0 bridgehead atoms. The number of anilines is 2. The van der Waals surface area contributed by atoms with E-state index in [0.717, 1.165) is 0 Å². The van der Waals surface area contributed by atoms with Crippen molar-refractivity contribution in [2.24, 2.45) is 10.2 Å². The number of aromatic carboxylic acids is 2. The van der Waals surface area contributed by atoms with Crippen LogP contribution in [0.15, 0.2) is 58.7 Å². The molecule has 0 aliphatic carbocycles. The first kappa shape index (κ1) is 18.7. The van der Waals surface area contributed by atoms with Crippen LogP contribution in [0, 0.1) is 0 Å². The SMILES string of the molecule is O=C(O)c1ccc(N/N=C/CC/C=N/Nc2ccc(C(=O)O)cc2)cc1. The largest absolute Gasteiger partial charge is 0.478 e. The molecule has 0 aliphatic rings. The van der Waals surface area contributed by atoms with E-state index in [4.69, 9.17) is 10.2 Å². The van der Waals surface area contributed by atoms with Crippen LogP contribution in [0.3, 0.4) is 0 Å². The highest BCUT2D eigenvalue weighted by Crippen LogP contribution is 2.10. The fraction of sp³-hybridized carbons (Fsp3) is 0.111. The lowest BCUT2D eigenvalue weighted by molar-refractivity contribution is 0.0686. The third-order valence-electron chi connectivity index (χ3n) is 3.26. The molecule has 26 heavy (non-hydrogen) atoms. The van der Waals surface area contributed by atoms with Crippen molar-refractivity contribution in [2.75, 3.05) is 10.9 Å². The fourth-order valence-corrected chi connectivity index (χ4v) is 1.89. The average Bonchev–Trinajstić information content (AvgIpc) is 2.64. The molecule has 134 valence electrons. The number of hydrogen-bond acceptors (Lipinski definition) is 6. The Labute approximate surface area is 149 Å². The Bertz CT molecular complexity index is 729. The summed E-state index contributed by atoms with van der Waals surface area (Å²) in [6.45, 7) is 0. The molecule has 0 fully saturated rings. The van der Waals surface area contributed by atoms with Gasteiger partial charge < -0.3 is 10.2 Å². The van der Waals surface area contributed by atoms with Crippen LogP contribution in [0.2, 0.25) is 0 Å². The number of unbranched alkanes of at least 4 members (excludes halogenated alkanes) is 1. The molecular formula is C18H18N4O4. The van der Waals surface area contributed by atoms with Gasteiger partial charge in [-0.2, -0.15) is 10.2 Å². The van der Waals surface area contributed by atoms with E-state index in [1.807, 2.05) is 0 Å². The van der Waals surface area contributed by atoms with Gasteiger partial charge in [0, 0.05) is 12.4 Å². The summed E-state index contributed by atoms with van der Waals surface area (Å²) in [4.78, 5) is 21.5. The number of hydrazone groups is 2. The summed E-state index contributed by atoms with van der Waals surface area (Å²) in [5.74, 6) is -1.93. The topological polar surface area (TPSA) is 123 Å². The van der Waals surface area contributed by atoms with Crippen molar-refractivity contribution in [3.8, 4) is 0 Å². The molecule has 2 aromatic carbocycles. The highest BCUT2D eigenvalue weighted by atomic mass is 16.4.